The van der Waals surface area contributed by atoms with Crippen LogP contribution in [-0.4, -0.2) is 22.1 Å². The Morgan fingerprint density at radius 3 is 3.08 bits per heavy atom. The monoisotopic (exact) mass is 165 g/mol. The highest BCUT2D eigenvalue weighted by Gasteiger charge is 2.20. The third-order valence-corrected chi connectivity index (χ3v) is 2.31. The van der Waals surface area contributed by atoms with Crippen LogP contribution in [0.3, 0.4) is 0 Å². The van der Waals surface area contributed by atoms with Crippen molar-refractivity contribution in [1.29, 1.82) is 0 Å². The minimum atomic E-state index is 0.521. The number of aromatic nitrogens is 2. The lowest BCUT2D eigenvalue weighted by Gasteiger charge is -2.13. The summed E-state index contributed by atoms with van der Waals surface area (Å²) in [5, 5.41) is 3.50. The molecule has 1 aromatic heterocycles. The first-order valence-corrected chi connectivity index (χ1v) is 4.57. The molecule has 0 amide bonds. The molecular formula is C9H15N3. The molecule has 1 aliphatic carbocycles. The van der Waals surface area contributed by atoms with Gasteiger partial charge in [-0.3, -0.25) is 0 Å². The first kappa shape index (κ1) is 7.80. The van der Waals surface area contributed by atoms with Crippen LogP contribution in [0.1, 0.15) is 25.8 Å². The molecule has 3 nitrogen and oxygen atoms in total. The average molecular weight is 165 g/mol. The first-order valence-electron chi connectivity index (χ1n) is 4.57. The standard InChI is InChI=1S/C9H15N3/c1-8(6-11-9-2-3-9)12-5-4-10-7-12/h4-5,7-9,11H,2-3,6H2,1H3. The summed E-state index contributed by atoms with van der Waals surface area (Å²) in [6.45, 7) is 3.26. The summed E-state index contributed by atoms with van der Waals surface area (Å²) >= 11 is 0. The van der Waals surface area contributed by atoms with E-state index in [0.717, 1.165) is 12.6 Å². The van der Waals surface area contributed by atoms with Crippen molar-refractivity contribution in [2.24, 2.45) is 0 Å². The second-order valence-corrected chi connectivity index (χ2v) is 3.54. The van der Waals surface area contributed by atoms with Crippen molar-refractivity contribution in [3.8, 4) is 0 Å². The zero-order chi connectivity index (χ0) is 8.39. The minimum Gasteiger partial charge on any atom is -0.333 e. The zero-order valence-electron chi connectivity index (χ0n) is 7.40. The SMILES string of the molecule is CC(CNC1CC1)n1ccnc1. The van der Waals surface area contributed by atoms with E-state index in [1.54, 1.807) is 0 Å². The molecule has 1 fully saturated rings. The Labute approximate surface area is 72.8 Å². The molecule has 1 heterocycles. The molecule has 3 heteroatoms. The number of hydrogen-bond acceptors (Lipinski definition) is 2. The van der Waals surface area contributed by atoms with Gasteiger partial charge in [0.2, 0.25) is 0 Å². The third-order valence-electron chi connectivity index (χ3n) is 2.31. The summed E-state index contributed by atoms with van der Waals surface area (Å²) in [6, 6.07) is 1.32. The van der Waals surface area contributed by atoms with Gasteiger partial charge in [-0.05, 0) is 19.8 Å². The molecule has 0 saturated heterocycles. The third kappa shape index (κ3) is 1.85. The van der Waals surface area contributed by atoms with Crippen molar-refractivity contribution in [2.45, 2.75) is 31.8 Å². The van der Waals surface area contributed by atoms with Crippen molar-refractivity contribution in [2.75, 3.05) is 6.54 Å². The summed E-state index contributed by atoms with van der Waals surface area (Å²) < 4.78 is 2.13. The van der Waals surface area contributed by atoms with Gasteiger partial charge in [0.15, 0.2) is 0 Å². The van der Waals surface area contributed by atoms with Crippen molar-refractivity contribution >= 4 is 0 Å². The summed E-state index contributed by atoms with van der Waals surface area (Å²) in [4.78, 5) is 4.02. The Morgan fingerprint density at radius 2 is 2.50 bits per heavy atom. The maximum Gasteiger partial charge on any atom is 0.0948 e. The first-order chi connectivity index (χ1) is 5.86. The van der Waals surface area contributed by atoms with Crippen LogP contribution >= 0.6 is 0 Å². The topological polar surface area (TPSA) is 29.9 Å². The Hall–Kier alpha value is -0.830. The maximum absolute atomic E-state index is 4.02. The highest BCUT2D eigenvalue weighted by molar-refractivity contribution is 4.84. The fraction of sp³-hybridized carbons (Fsp3) is 0.667. The molecule has 0 radical (unpaired) electrons. The maximum atomic E-state index is 4.02. The van der Waals surface area contributed by atoms with E-state index in [1.165, 1.54) is 12.8 Å². The highest BCUT2D eigenvalue weighted by atomic mass is 15.1. The smallest absolute Gasteiger partial charge is 0.0948 e. The van der Waals surface area contributed by atoms with Crippen LogP contribution in [0, 0.1) is 0 Å². The number of imidazole rings is 1. The molecule has 12 heavy (non-hydrogen) atoms. The molecule has 66 valence electrons. The second-order valence-electron chi connectivity index (χ2n) is 3.54. The molecule has 2 rings (SSSR count). The van der Waals surface area contributed by atoms with Crippen LogP contribution in [0.5, 0.6) is 0 Å². The normalized spacial score (nSPS) is 19.4. The highest BCUT2D eigenvalue weighted by Crippen LogP contribution is 2.19. The van der Waals surface area contributed by atoms with E-state index in [0.29, 0.717) is 6.04 Å². The Balaban J connectivity index is 1.79. The molecule has 1 aliphatic rings. The lowest BCUT2D eigenvalue weighted by atomic mass is 10.3. The molecule has 0 spiro atoms. The number of nitrogens with one attached hydrogen (secondary N) is 1. The Morgan fingerprint density at radius 1 is 1.67 bits per heavy atom. The molecular weight excluding hydrogens is 150 g/mol. The summed E-state index contributed by atoms with van der Waals surface area (Å²) in [7, 11) is 0. The van der Waals surface area contributed by atoms with E-state index in [-0.39, 0.29) is 0 Å². The Kier molecular flexibility index (Phi) is 2.13. The molecule has 1 atom stereocenters. The van der Waals surface area contributed by atoms with Gasteiger partial charge in [0.05, 0.1) is 6.33 Å². The minimum absolute atomic E-state index is 0.521. The van der Waals surface area contributed by atoms with Gasteiger partial charge < -0.3 is 9.88 Å². The van der Waals surface area contributed by atoms with Crippen molar-refractivity contribution in [3.05, 3.63) is 18.7 Å². The molecule has 0 bridgehead atoms. The molecule has 1 saturated carbocycles. The molecule has 1 N–H and O–H groups in total. The van der Waals surface area contributed by atoms with Gasteiger partial charge in [0.25, 0.3) is 0 Å². The van der Waals surface area contributed by atoms with E-state index in [9.17, 15) is 0 Å². The van der Waals surface area contributed by atoms with Gasteiger partial charge in [0, 0.05) is 31.0 Å². The van der Waals surface area contributed by atoms with Crippen molar-refractivity contribution < 1.29 is 0 Å². The molecule has 0 aliphatic heterocycles. The van der Waals surface area contributed by atoms with Crippen LogP contribution < -0.4 is 5.32 Å². The fourth-order valence-electron chi connectivity index (χ4n) is 1.26. The van der Waals surface area contributed by atoms with Crippen molar-refractivity contribution in [1.82, 2.24) is 14.9 Å². The van der Waals surface area contributed by atoms with Crippen LogP contribution in [0.2, 0.25) is 0 Å². The summed E-state index contributed by atoms with van der Waals surface area (Å²) in [5.74, 6) is 0. The predicted octanol–water partition coefficient (Wildman–Crippen LogP) is 1.20. The van der Waals surface area contributed by atoms with Crippen LogP contribution in [0.15, 0.2) is 18.7 Å². The van der Waals surface area contributed by atoms with Gasteiger partial charge in [-0.25, -0.2) is 4.98 Å². The van der Waals surface area contributed by atoms with E-state index < -0.39 is 0 Å². The number of hydrogen-bond donors (Lipinski definition) is 1. The number of rotatable bonds is 4. The molecule has 0 aromatic carbocycles. The second kappa shape index (κ2) is 3.27. The van der Waals surface area contributed by atoms with Gasteiger partial charge in [-0.1, -0.05) is 0 Å². The van der Waals surface area contributed by atoms with Crippen molar-refractivity contribution in [3.63, 3.8) is 0 Å². The van der Waals surface area contributed by atoms with E-state index >= 15 is 0 Å². The summed E-state index contributed by atoms with van der Waals surface area (Å²) in [6.07, 6.45) is 8.43. The number of nitrogens with zero attached hydrogens (tertiary/aromatic N) is 2. The van der Waals surface area contributed by atoms with Gasteiger partial charge in [-0.2, -0.15) is 0 Å². The lowest BCUT2D eigenvalue weighted by molar-refractivity contribution is 0.491. The van der Waals surface area contributed by atoms with E-state index in [2.05, 4.69) is 21.8 Å². The quantitative estimate of drug-likeness (QED) is 0.726. The van der Waals surface area contributed by atoms with Gasteiger partial charge in [0.1, 0.15) is 0 Å². The Bertz CT molecular complexity index is 226. The lowest BCUT2D eigenvalue weighted by Crippen LogP contribution is -2.24. The van der Waals surface area contributed by atoms with Crippen LogP contribution in [-0.2, 0) is 0 Å². The molecule has 1 aromatic rings. The van der Waals surface area contributed by atoms with Gasteiger partial charge in [-0.15, -0.1) is 0 Å². The van der Waals surface area contributed by atoms with E-state index in [1.807, 2.05) is 18.7 Å². The fourth-order valence-corrected chi connectivity index (χ4v) is 1.26. The molecule has 1 unspecified atom stereocenters. The van der Waals surface area contributed by atoms with Crippen LogP contribution in [0.25, 0.3) is 0 Å². The van der Waals surface area contributed by atoms with Gasteiger partial charge >= 0.3 is 0 Å². The summed E-state index contributed by atoms with van der Waals surface area (Å²) in [5.41, 5.74) is 0. The zero-order valence-corrected chi connectivity index (χ0v) is 7.40. The average Bonchev–Trinajstić information content (AvgIpc) is 2.74. The van der Waals surface area contributed by atoms with E-state index in [4.69, 9.17) is 0 Å². The predicted molar refractivity (Wildman–Crippen MR) is 48.0 cm³/mol. The van der Waals surface area contributed by atoms with Crippen LogP contribution in [0.4, 0.5) is 0 Å². The largest absolute Gasteiger partial charge is 0.333 e.